The van der Waals surface area contributed by atoms with Gasteiger partial charge in [-0.25, -0.2) is 4.79 Å². The molecule has 3 atom stereocenters. The minimum Gasteiger partial charge on any atom is -0.445 e. The number of hydrogen-bond acceptors (Lipinski definition) is 5. The first kappa shape index (κ1) is 22.8. The summed E-state index contributed by atoms with van der Waals surface area (Å²) in [5.41, 5.74) is 6.22. The van der Waals surface area contributed by atoms with Crippen LogP contribution in [0, 0.1) is 5.92 Å². The number of ether oxygens (including phenoxy) is 1. The number of amides is 3. The largest absolute Gasteiger partial charge is 0.445 e. The molecule has 0 aromatic heterocycles. The van der Waals surface area contributed by atoms with Crippen molar-refractivity contribution in [3.63, 3.8) is 0 Å². The molecule has 0 aliphatic carbocycles. The van der Waals surface area contributed by atoms with Crippen LogP contribution in [0.1, 0.15) is 32.3 Å². The molecule has 0 bridgehead atoms. The highest BCUT2D eigenvalue weighted by atomic mass is 32.2. The quantitative estimate of drug-likeness (QED) is 0.531. The predicted octanol–water partition coefficient (Wildman–Crippen LogP) is 2.05. The van der Waals surface area contributed by atoms with Crippen molar-refractivity contribution in [3.05, 3.63) is 35.9 Å². The van der Waals surface area contributed by atoms with Crippen LogP contribution in [0.3, 0.4) is 0 Å². The zero-order chi connectivity index (χ0) is 20.2. The normalized spacial score (nSPS) is 13.9. The third-order valence-corrected chi connectivity index (χ3v) is 4.90. The third kappa shape index (κ3) is 8.34. The number of nitrogens with one attached hydrogen (secondary N) is 2. The number of nitrogens with two attached hydrogens (primary N) is 1. The fourth-order valence-corrected chi connectivity index (χ4v) is 2.85. The van der Waals surface area contributed by atoms with E-state index in [2.05, 4.69) is 10.6 Å². The van der Waals surface area contributed by atoms with Crippen molar-refractivity contribution in [2.24, 2.45) is 11.7 Å². The Balaban J connectivity index is 2.68. The number of hydrogen-bond donors (Lipinski definition) is 3. The number of carbonyl (C=O) groups is 3. The van der Waals surface area contributed by atoms with Gasteiger partial charge in [0.1, 0.15) is 18.7 Å². The summed E-state index contributed by atoms with van der Waals surface area (Å²) in [6, 6.07) is 7.69. The Morgan fingerprint density at radius 1 is 1.19 bits per heavy atom. The zero-order valence-electron chi connectivity index (χ0n) is 16.1. The van der Waals surface area contributed by atoms with E-state index >= 15 is 0 Å². The summed E-state index contributed by atoms with van der Waals surface area (Å²) in [5, 5.41) is 5.26. The Bertz CT molecular complexity index is 612. The van der Waals surface area contributed by atoms with Crippen LogP contribution in [-0.4, -0.2) is 42.0 Å². The van der Waals surface area contributed by atoms with Gasteiger partial charge in [-0.15, -0.1) is 0 Å². The maximum Gasteiger partial charge on any atom is 0.408 e. The Kier molecular flexibility index (Phi) is 10.3. The molecule has 4 N–H and O–H groups in total. The highest BCUT2D eigenvalue weighted by Crippen LogP contribution is 2.10. The molecule has 0 aliphatic rings. The lowest BCUT2D eigenvalue weighted by atomic mass is 9.98. The summed E-state index contributed by atoms with van der Waals surface area (Å²) in [6.45, 7) is 3.88. The summed E-state index contributed by atoms with van der Waals surface area (Å²) in [6.07, 6.45) is 2.34. The minimum absolute atomic E-state index is 0.110. The zero-order valence-corrected chi connectivity index (χ0v) is 16.9. The number of benzene rings is 1. The molecular weight excluding hydrogens is 366 g/mol. The van der Waals surface area contributed by atoms with Crippen LogP contribution < -0.4 is 16.4 Å². The first-order valence-corrected chi connectivity index (χ1v) is 10.3. The van der Waals surface area contributed by atoms with E-state index in [0.29, 0.717) is 18.6 Å². The number of alkyl carbamates (subject to hydrolysis) is 1. The van der Waals surface area contributed by atoms with Crippen LogP contribution in [0.2, 0.25) is 0 Å². The average Bonchev–Trinajstić information content (AvgIpc) is 2.67. The van der Waals surface area contributed by atoms with Crippen molar-refractivity contribution in [3.8, 4) is 0 Å². The van der Waals surface area contributed by atoms with Gasteiger partial charge in [-0.1, -0.05) is 50.6 Å². The second-order valence-electron chi connectivity index (χ2n) is 6.31. The SMILES string of the molecule is CC[C@H](C)[C@@H](NC(=O)OCc1ccccc1)C(=O)N[C@H](CCSC)C(N)=O. The van der Waals surface area contributed by atoms with Gasteiger partial charge < -0.3 is 21.1 Å². The molecule has 0 fully saturated rings. The number of carbonyl (C=O) groups excluding carboxylic acids is 3. The second-order valence-corrected chi connectivity index (χ2v) is 7.30. The first-order valence-electron chi connectivity index (χ1n) is 8.94. The van der Waals surface area contributed by atoms with E-state index < -0.39 is 30.0 Å². The Morgan fingerprint density at radius 3 is 2.41 bits per heavy atom. The van der Waals surface area contributed by atoms with E-state index in [1.165, 1.54) is 0 Å². The molecule has 0 heterocycles. The Hall–Kier alpha value is -2.22. The molecule has 0 saturated carbocycles. The van der Waals surface area contributed by atoms with Crippen molar-refractivity contribution >= 4 is 29.7 Å². The Morgan fingerprint density at radius 2 is 1.85 bits per heavy atom. The molecule has 0 radical (unpaired) electrons. The third-order valence-electron chi connectivity index (χ3n) is 4.25. The van der Waals surface area contributed by atoms with Gasteiger partial charge >= 0.3 is 6.09 Å². The van der Waals surface area contributed by atoms with Crippen molar-refractivity contribution in [1.82, 2.24) is 10.6 Å². The molecule has 1 aromatic carbocycles. The van der Waals surface area contributed by atoms with Gasteiger partial charge in [-0.3, -0.25) is 9.59 Å². The van der Waals surface area contributed by atoms with E-state index in [0.717, 1.165) is 5.56 Å². The molecule has 150 valence electrons. The lowest BCUT2D eigenvalue weighted by Gasteiger charge is -2.25. The van der Waals surface area contributed by atoms with Gasteiger partial charge in [0.2, 0.25) is 11.8 Å². The molecule has 0 spiro atoms. The highest BCUT2D eigenvalue weighted by Gasteiger charge is 2.29. The summed E-state index contributed by atoms with van der Waals surface area (Å²) in [5.74, 6) is -0.477. The summed E-state index contributed by atoms with van der Waals surface area (Å²) in [7, 11) is 0. The topological polar surface area (TPSA) is 111 Å². The van der Waals surface area contributed by atoms with Crippen molar-refractivity contribution in [2.45, 2.75) is 45.4 Å². The summed E-state index contributed by atoms with van der Waals surface area (Å²) >= 11 is 1.56. The molecule has 0 aliphatic heterocycles. The van der Waals surface area contributed by atoms with Gasteiger partial charge in [0.15, 0.2) is 0 Å². The van der Waals surface area contributed by atoms with Crippen LogP contribution in [0.5, 0.6) is 0 Å². The van der Waals surface area contributed by atoms with Crippen molar-refractivity contribution in [2.75, 3.05) is 12.0 Å². The number of rotatable bonds is 11. The lowest BCUT2D eigenvalue weighted by Crippen LogP contribution is -2.55. The van der Waals surface area contributed by atoms with Gasteiger partial charge in [0, 0.05) is 0 Å². The molecule has 3 amide bonds. The standard InChI is InChI=1S/C19H29N3O4S/c1-4-13(2)16(18(24)21-15(17(20)23)10-11-27-3)22-19(25)26-12-14-8-6-5-7-9-14/h5-9,13,15-16H,4,10-12H2,1-3H3,(H2,20,23)(H,21,24)(H,22,25)/t13-,15+,16+/m0/s1. The molecule has 27 heavy (non-hydrogen) atoms. The van der Waals surface area contributed by atoms with Crippen LogP contribution in [0.25, 0.3) is 0 Å². The highest BCUT2D eigenvalue weighted by molar-refractivity contribution is 7.98. The number of thioether (sulfide) groups is 1. The summed E-state index contributed by atoms with van der Waals surface area (Å²) in [4.78, 5) is 36.3. The summed E-state index contributed by atoms with van der Waals surface area (Å²) < 4.78 is 5.20. The van der Waals surface area contributed by atoms with Crippen LogP contribution in [0.15, 0.2) is 30.3 Å². The Labute approximate surface area is 164 Å². The molecule has 0 saturated heterocycles. The van der Waals surface area contributed by atoms with Crippen molar-refractivity contribution in [1.29, 1.82) is 0 Å². The van der Waals surface area contributed by atoms with Crippen LogP contribution in [0.4, 0.5) is 4.79 Å². The smallest absolute Gasteiger partial charge is 0.408 e. The van der Waals surface area contributed by atoms with Gasteiger partial charge in [-0.2, -0.15) is 11.8 Å². The lowest BCUT2D eigenvalue weighted by molar-refractivity contribution is -0.129. The van der Waals surface area contributed by atoms with Gasteiger partial charge in [0.25, 0.3) is 0 Å². The first-order chi connectivity index (χ1) is 12.9. The van der Waals surface area contributed by atoms with Gasteiger partial charge in [0.05, 0.1) is 0 Å². The maximum absolute atomic E-state index is 12.6. The predicted molar refractivity (Wildman–Crippen MR) is 107 cm³/mol. The minimum atomic E-state index is -0.811. The van der Waals surface area contributed by atoms with Crippen molar-refractivity contribution < 1.29 is 19.1 Å². The molecular formula is C19H29N3O4S. The maximum atomic E-state index is 12.6. The molecule has 1 aromatic rings. The molecule has 8 heteroatoms. The molecule has 1 rings (SSSR count). The molecule has 7 nitrogen and oxygen atoms in total. The number of primary amides is 1. The van der Waals surface area contributed by atoms with Crippen LogP contribution >= 0.6 is 11.8 Å². The monoisotopic (exact) mass is 395 g/mol. The van der Waals surface area contributed by atoms with E-state index in [-0.39, 0.29) is 12.5 Å². The van der Waals surface area contributed by atoms with E-state index in [1.54, 1.807) is 11.8 Å². The van der Waals surface area contributed by atoms with Gasteiger partial charge in [-0.05, 0) is 29.9 Å². The van der Waals surface area contributed by atoms with E-state index in [1.807, 2.05) is 50.4 Å². The fourth-order valence-electron chi connectivity index (χ4n) is 2.38. The second kappa shape index (κ2) is 12.2. The average molecular weight is 396 g/mol. The van der Waals surface area contributed by atoms with Crippen LogP contribution in [-0.2, 0) is 20.9 Å². The van der Waals surface area contributed by atoms with E-state index in [9.17, 15) is 14.4 Å². The fraction of sp³-hybridized carbons (Fsp3) is 0.526. The molecule has 0 unspecified atom stereocenters. The van der Waals surface area contributed by atoms with E-state index in [4.69, 9.17) is 10.5 Å².